The molecule has 2 heterocycles. The van der Waals surface area contributed by atoms with Crippen LogP contribution < -0.4 is 4.90 Å². The summed E-state index contributed by atoms with van der Waals surface area (Å²) in [6.07, 6.45) is 0. The molecule has 0 unspecified atom stereocenters. The largest absolute Gasteiger partial charge is 0.478 e. The zero-order chi connectivity index (χ0) is 14.0. The highest BCUT2D eigenvalue weighted by molar-refractivity contribution is 9.10. The van der Waals surface area contributed by atoms with Gasteiger partial charge in [-0.3, -0.25) is 0 Å². The lowest BCUT2D eigenvalue weighted by Crippen LogP contribution is -2.18. The number of thiophene rings is 1. The van der Waals surface area contributed by atoms with Gasteiger partial charge in [-0.25, -0.2) is 9.78 Å². The minimum atomic E-state index is -0.931. The lowest BCUT2D eigenvalue weighted by molar-refractivity contribution is 0.0696. The van der Waals surface area contributed by atoms with Crippen LogP contribution in [-0.2, 0) is 6.54 Å². The number of pyridine rings is 1. The zero-order valence-corrected chi connectivity index (χ0v) is 13.0. The molecule has 0 radical (unpaired) electrons. The van der Waals surface area contributed by atoms with Crippen LogP contribution in [0.1, 0.15) is 20.9 Å². The Labute approximate surface area is 123 Å². The van der Waals surface area contributed by atoms with Gasteiger partial charge in [0.05, 0.1) is 12.1 Å². The van der Waals surface area contributed by atoms with Gasteiger partial charge in [-0.05, 0) is 41.1 Å². The van der Waals surface area contributed by atoms with E-state index >= 15 is 0 Å². The molecule has 2 aromatic rings. The fraction of sp³-hybridized carbons (Fsp3) is 0.231. The van der Waals surface area contributed by atoms with Crippen molar-refractivity contribution in [2.45, 2.75) is 13.5 Å². The van der Waals surface area contributed by atoms with Crippen LogP contribution in [0.5, 0.6) is 0 Å². The van der Waals surface area contributed by atoms with Crippen molar-refractivity contribution in [2.24, 2.45) is 0 Å². The molecule has 0 fully saturated rings. The second-order valence-electron chi connectivity index (χ2n) is 4.25. The maximum absolute atomic E-state index is 11.0. The number of aryl methyl sites for hydroxylation is 1. The normalized spacial score (nSPS) is 10.5. The molecule has 2 rings (SSSR count). The van der Waals surface area contributed by atoms with Crippen molar-refractivity contribution >= 4 is 39.1 Å². The topological polar surface area (TPSA) is 53.4 Å². The first kappa shape index (κ1) is 14.0. The fourth-order valence-electron chi connectivity index (χ4n) is 1.72. The highest BCUT2D eigenvalue weighted by atomic mass is 79.9. The van der Waals surface area contributed by atoms with E-state index in [1.165, 1.54) is 4.88 Å². The molecule has 100 valence electrons. The van der Waals surface area contributed by atoms with E-state index in [9.17, 15) is 4.79 Å². The van der Waals surface area contributed by atoms with Gasteiger partial charge < -0.3 is 10.0 Å². The number of anilines is 1. The minimum Gasteiger partial charge on any atom is -0.478 e. The van der Waals surface area contributed by atoms with Gasteiger partial charge in [-0.2, -0.15) is 0 Å². The number of rotatable bonds is 4. The number of aromatic nitrogens is 1. The third kappa shape index (κ3) is 3.54. The van der Waals surface area contributed by atoms with Gasteiger partial charge in [0, 0.05) is 27.5 Å². The summed E-state index contributed by atoms with van der Waals surface area (Å²) in [4.78, 5) is 18.5. The van der Waals surface area contributed by atoms with Crippen LogP contribution in [-0.4, -0.2) is 23.1 Å². The van der Waals surface area contributed by atoms with Crippen molar-refractivity contribution in [1.82, 2.24) is 4.98 Å². The second kappa shape index (κ2) is 5.71. The van der Waals surface area contributed by atoms with Crippen molar-refractivity contribution in [3.63, 3.8) is 0 Å². The number of hydrogen-bond donors (Lipinski definition) is 1. The van der Waals surface area contributed by atoms with E-state index in [2.05, 4.69) is 27.0 Å². The zero-order valence-electron chi connectivity index (χ0n) is 10.6. The molecule has 4 nitrogen and oxygen atoms in total. The van der Waals surface area contributed by atoms with E-state index in [0.717, 1.165) is 4.47 Å². The van der Waals surface area contributed by atoms with Crippen LogP contribution in [0.15, 0.2) is 28.1 Å². The predicted octanol–water partition coefficient (Wildman–Crippen LogP) is 3.55. The summed E-state index contributed by atoms with van der Waals surface area (Å²) in [6, 6.07) is 5.22. The number of aromatic carboxylic acids is 1. The monoisotopic (exact) mass is 340 g/mol. The Morgan fingerprint density at radius 1 is 1.47 bits per heavy atom. The maximum Gasteiger partial charge on any atom is 0.335 e. The number of carboxylic acids is 1. The molecule has 0 aliphatic carbocycles. The molecule has 0 atom stereocenters. The first-order valence-corrected chi connectivity index (χ1v) is 7.29. The molecule has 0 aromatic carbocycles. The van der Waals surface area contributed by atoms with Crippen LogP contribution in [0.2, 0.25) is 0 Å². The number of carbonyl (C=O) groups is 1. The summed E-state index contributed by atoms with van der Waals surface area (Å²) >= 11 is 5.07. The molecule has 0 amide bonds. The number of hydrogen-bond acceptors (Lipinski definition) is 4. The molecule has 1 N–H and O–H groups in total. The summed E-state index contributed by atoms with van der Waals surface area (Å²) in [5.74, 6) is -0.263. The SMILES string of the molecule is Cc1cc(C(=O)O)cc(N(C)Cc2cc(Br)cs2)n1. The summed E-state index contributed by atoms with van der Waals surface area (Å²) < 4.78 is 1.06. The van der Waals surface area contributed by atoms with Crippen LogP contribution in [0.3, 0.4) is 0 Å². The van der Waals surface area contributed by atoms with Gasteiger partial charge >= 0.3 is 5.97 Å². The van der Waals surface area contributed by atoms with E-state index in [-0.39, 0.29) is 5.56 Å². The summed E-state index contributed by atoms with van der Waals surface area (Å²) in [5, 5.41) is 11.1. The molecular formula is C13H13BrN2O2S. The average Bonchev–Trinajstić information content (AvgIpc) is 2.73. The summed E-state index contributed by atoms with van der Waals surface area (Å²) in [5.41, 5.74) is 0.968. The summed E-state index contributed by atoms with van der Waals surface area (Å²) in [7, 11) is 1.90. The molecule has 0 spiro atoms. The quantitative estimate of drug-likeness (QED) is 0.924. The highest BCUT2D eigenvalue weighted by Gasteiger charge is 2.11. The Bertz CT molecular complexity index is 612. The summed E-state index contributed by atoms with van der Waals surface area (Å²) in [6.45, 7) is 2.50. The van der Waals surface area contributed by atoms with Crippen LogP contribution in [0.25, 0.3) is 0 Å². The van der Waals surface area contributed by atoms with Crippen molar-refractivity contribution < 1.29 is 9.90 Å². The van der Waals surface area contributed by atoms with Gasteiger partial charge in [-0.15, -0.1) is 11.3 Å². The Morgan fingerprint density at radius 2 is 2.21 bits per heavy atom. The first-order chi connectivity index (χ1) is 8.95. The van der Waals surface area contributed by atoms with Crippen LogP contribution >= 0.6 is 27.3 Å². The molecule has 0 saturated heterocycles. The first-order valence-electron chi connectivity index (χ1n) is 5.62. The standard InChI is InChI=1S/C13H13BrN2O2S/c1-8-3-9(13(17)18)4-12(15-8)16(2)6-11-5-10(14)7-19-11/h3-5,7H,6H2,1-2H3,(H,17,18). The average molecular weight is 341 g/mol. The lowest BCUT2D eigenvalue weighted by atomic mass is 10.2. The fourth-order valence-corrected chi connectivity index (χ4v) is 3.22. The van der Waals surface area contributed by atoms with Gasteiger partial charge in [0.25, 0.3) is 0 Å². The molecule has 0 bridgehead atoms. The van der Waals surface area contributed by atoms with Crippen molar-refractivity contribution in [3.05, 3.63) is 44.2 Å². The lowest BCUT2D eigenvalue weighted by Gasteiger charge is -2.18. The minimum absolute atomic E-state index is 0.265. The molecule has 0 saturated carbocycles. The third-order valence-electron chi connectivity index (χ3n) is 2.59. The molecular weight excluding hydrogens is 328 g/mol. The van der Waals surface area contributed by atoms with Crippen molar-refractivity contribution in [1.29, 1.82) is 0 Å². The van der Waals surface area contributed by atoms with Crippen molar-refractivity contribution in [3.8, 4) is 0 Å². The second-order valence-corrected chi connectivity index (χ2v) is 6.16. The van der Waals surface area contributed by atoms with E-state index < -0.39 is 5.97 Å². The number of nitrogens with zero attached hydrogens (tertiary/aromatic N) is 2. The Morgan fingerprint density at radius 3 is 2.79 bits per heavy atom. The van der Waals surface area contributed by atoms with Crippen molar-refractivity contribution in [2.75, 3.05) is 11.9 Å². The number of carboxylic acid groups (broad SMARTS) is 1. The van der Waals surface area contributed by atoms with Gasteiger partial charge in [-0.1, -0.05) is 0 Å². The van der Waals surface area contributed by atoms with E-state index in [1.807, 2.05) is 17.3 Å². The van der Waals surface area contributed by atoms with E-state index in [1.54, 1.807) is 30.4 Å². The molecule has 0 aliphatic rings. The molecule has 2 aromatic heterocycles. The van der Waals surface area contributed by atoms with Gasteiger partial charge in [0.1, 0.15) is 5.82 Å². The van der Waals surface area contributed by atoms with E-state index in [0.29, 0.717) is 18.1 Å². The third-order valence-corrected chi connectivity index (χ3v) is 4.28. The predicted molar refractivity (Wildman–Crippen MR) is 80.1 cm³/mol. The number of halogens is 1. The highest BCUT2D eigenvalue weighted by Crippen LogP contribution is 2.23. The smallest absolute Gasteiger partial charge is 0.335 e. The Balaban J connectivity index is 2.23. The van der Waals surface area contributed by atoms with Crippen LogP contribution in [0, 0.1) is 6.92 Å². The van der Waals surface area contributed by atoms with E-state index in [4.69, 9.17) is 5.11 Å². The molecule has 19 heavy (non-hydrogen) atoms. The van der Waals surface area contributed by atoms with Gasteiger partial charge in [0.2, 0.25) is 0 Å². The van der Waals surface area contributed by atoms with Gasteiger partial charge in [0.15, 0.2) is 0 Å². The molecule has 6 heteroatoms. The Kier molecular flexibility index (Phi) is 4.21. The maximum atomic E-state index is 11.0. The Hall–Kier alpha value is -1.40. The molecule has 0 aliphatic heterocycles. The van der Waals surface area contributed by atoms with Crippen LogP contribution in [0.4, 0.5) is 5.82 Å².